The van der Waals surface area contributed by atoms with Crippen molar-refractivity contribution in [3.8, 4) is 0 Å². The van der Waals surface area contributed by atoms with Crippen LogP contribution in [-0.4, -0.2) is 24.8 Å². The van der Waals surface area contributed by atoms with Gasteiger partial charge in [-0.2, -0.15) is 0 Å². The molecule has 1 spiro atoms. The van der Waals surface area contributed by atoms with E-state index in [4.69, 9.17) is 19.2 Å². The Morgan fingerprint density at radius 1 is 1.12 bits per heavy atom. The van der Waals surface area contributed by atoms with Gasteiger partial charge in [0.05, 0.1) is 0 Å². The molecule has 0 aromatic rings. The first-order valence-corrected chi connectivity index (χ1v) is 6.26. The second kappa shape index (κ2) is 3.67. The number of methoxy groups -OCH3 is 1. The zero-order chi connectivity index (χ0) is 11.2. The monoisotopic (exact) mass is 228 g/mol. The van der Waals surface area contributed by atoms with Crippen molar-refractivity contribution in [2.24, 2.45) is 5.92 Å². The maximum Gasteiger partial charge on any atom is 0.201 e. The minimum atomic E-state index is -0.622. The number of hydrogen-bond acceptors (Lipinski definition) is 4. The van der Waals surface area contributed by atoms with Gasteiger partial charge in [0.25, 0.3) is 0 Å². The molecule has 16 heavy (non-hydrogen) atoms. The Hall–Kier alpha value is -0.160. The third-order valence-corrected chi connectivity index (χ3v) is 4.35. The Balaban J connectivity index is 1.96. The van der Waals surface area contributed by atoms with Crippen LogP contribution in [0.15, 0.2) is 0 Å². The van der Waals surface area contributed by atoms with Crippen LogP contribution in [0.2, 0.25) is 0 Å². The first-order valence-electron chi connectivity index (χ1n) is 6.26. The second-order valence-corrected chi connectivity index (χ2v) is 5.42. The molecule has 4 atom stereocenters. The van der Waals surface area contributed by atoms with E-state index < -0.39 is 5.79 Å². The molecule has 92 valence electrons. The first-order chi connectivity index (χ1) is 7.69. The van der Waals surface area contributed by atoms with Crippen molar-refractivity contribution >= 4 is 0 Å². The molecule has 0 N–H and O–H groups in total. The van der Waals surface area contributed by atoms with Gasteiger partial charge in [-0.3, -0.25) is 0 Å². The highest BCUT2D eigenvalue weighted by Crippen LogP contribution is 2.51. The standard InChI is InChI=1S/C12H20O4/c1-11-8-6-9-5-3-4-7-12(9,16-15-11)10(13-2)14-11/h9-10H,3-8H2,1-2H3/t9?,10-,11+,12-/m0/s1. The molecule has 4 rings (SSSR count). The topological polar surface area (TPSA) is 36.9 Å². The maximum atomic E-state index is 5.94. The highest BCUT2D eigenvalue weighted by molar-refractivity contribution is 4.99. The maximum absolute atomic E-state index is 5.94. The van der Waals surface area contributed by atoms with E-state index in [2.05, 4.69) is 0 Å². The molecule has 4 aliphatic rings. The molecular formula is C12H20O4. The minimum Gasteiger partial charge on any atom is -0.353 e. The van der Waals surface area contributed by atoms with E-state index in [0.717, 1.165) is 19.3 Å². The van der Waals surface area contributed by atoms with Crippen molar-refractivity contribution < 1.29 is 19.2 Å². The van der Waals surface area contributed by atoms with E-state index in [0.29, 0.717) is 5.92 Å². The first kappa shape index (κ1) is 11.0. The van der Waals surface area contributed by atoms with Crippen molar-refractivity contribution in [3.05, 3.63) is 0 Å². The van der Waals surface area contributed by atoms with E-state index in [1.165, 1.54) is 19.3 Å². The number of fused-ring (bicyclic) bond motifs is 3. The molecule has 3 saturated heterocycles. The van der Waals surface area contributed by atoms with Crippen molar-refractivity contribution in [1.29, 1.82) is 0 Å². The summed E-state index contributed by atoms with van der Waals surface area (Å²) in [7, 11) is 1.69. The molecule has 3 heterocycles. The lowest BCUT2D eigenvalue weighted by molar-refractivity contribution is -0.547. The molecule has 4 fully saturated rings. The van der Waals surface area contributed by atoms with E-state index in [9.17, 15) is 0 Å². The Morgan fingerprint density at radius 3 is 2.81 bits per heavy atom. The molecular weight excluding hydrogens is 208 g/mol. The van der Waals surface area contributed by atoms with Crippen LogP contribution < -0.4 is 0 Å². The van der Waals surface area contributed by atoms with Gasteiger partial charge < -0.3 is 9.47 Å². The van der Waals surface area contributed by atoms with Gasteiger partial charge in [0, 0.05) is 13.5 Å². The van der Waals surface area contributed by atoms with Gasteiger partial charge in [-0.15, -0.1) is 0 Å². The van der Waals surface area contributed by atoms with Gasteiger partial charge in [0.15, 0.2) is 11.9 Å². The molecule has 0 aromatic heterocycles. The third kappa shape index (κ3) is 1.44. The van der Waals surface area contributed by atoms with Crippen LogP contribution in [-0.2, 0) is 19.2 Å². The van der Waals surface area contributed by atoms with E-state index >= 15 is 0 Å². The highest BCUT2D eigenvalue weighted by atomic mass is 17.3. The summed E-state index contributed by atoms with van der Waals surface area (Å²) in [5.74, 6) is -0.112. The fraction of sp³-hybridized carbons (Fsp3) is 1.00. The summed E-state index contributed by atoms with van der Waals surface area (Å²) in [6.45, 7) is 1.93. The van der Waals surface area contributed by atoms with Gasteiger partial charge in [-0.05, 0) is 32.1 Å². The molecule has 0 aromatic carbocycles. The molecule has 0 radical (unpaired) electrons. The van der Waals surface area contributed by atoms with Gasteiger partial charge >= 0.3 is 0 Å². The zero-order valence-electron chi connectivity index (χ0n) is 10.0. The SMILES string of the molecule is CO[C@H]1O[C@@]2(C)CCC3CCCC[C@]31OO2. The molecule has 4 heteroatoms. The summed E-state index contributed by atoms with van der Waals surface area (Å²) in [6, 6.07) is 0. The molecule has 1 saturated carbocycles. The smallest absolute Gasteiger partial charge is 0.201 e. The van der Waals surface area contributed by atoms with Crippen LogP contribution in [0.3, 0.4) is 0 Å². The normalized spacial score (nSPS) is 52.1. The largest absolute Gasteiger partial charge is 0.353 e. The lowest BCUT2D eigenvalue weighted by Gasteiger charge is -2.48. The molecule has 1 unspecified atom stereocenters. The zero-order valence-corrected chi connectivity index (χ0v) is 10.0. The van der Waals surface area contributed by atoms with Gasteiger partial charge in [0.2, 0.25) is 5.79 Å². The van der Waals surface area contributed by atoms with Crippen LogP contribution in [0, 0.1) is 5.92 Å². The van der Waals surface area contributed by atoms with E-state index in [-0.39, 0.29) is 11.9 Å². The Labute approximate surface area is 96.1 Å². The summed E-state index contributed by atoms with van der Waals surface area (Å²) in [4.78, 5) is 11.2. The second-order valence-electron chi connectivity index (χ2n) is 5.42. The average Bonchev–Trinajstić information content (AvgIpc) is 2.53. The van der Waals surface area contributed by atoms with Crippen molar-refractivity contribution in [3.63, 3.8) is 0 Å². The van der Waals surface area contributed by atoms with Crippen LogP contribution in [0.5, 0.6) is 0 Å². The number of hydrogen-bond donors (Lipinski definition) is 0. The summed E-state index contributed by atoms with van der Waals surface area (Å²) in [5.41, 5.74) is -0.358. The Kier molecular flexibility index (Phi) is 2.51. The predicted octanol–water partition coefficient (Wildman–Crippen LogP) is 2.38. The van der Waals surface area contributed by atoms with Gasteiger partial charge in [-0.25, -0.2) is 9.78 Å². The summed E-state index contributed by atoms with van der Waals surface area (Å²) < 4.78 is 11.4. The van der Waals surface area contributed by atoms with Crippen molar-refractivity contribution in [2.45, 2.75) is 63.1 Å². The Bertz CT molecular complexity index is 278. The van der Waals surface area contributed by atoms with Crippen LogP contribution in [0.25, 0.3) is 0 Å². The van der Waals surface area contributed by atoms with Gasteiger partial charge in [0.1, 0.15) is 0 Å². The quantitative estimate of drug-likeness (QED) is 0.646. The van der Waals surface area contributed by atoms with Crippen molar-refractivity contribution in [1.82, 2.24) is 0 Å². The predicted molar refractivity (Wildman–Crippen MR) is 56.4 cm³/mol. The molecule has 3 aliphatic heterocycles. The fourth-order valence-corrected chi connectivity index (χ4v) is 3.38. The third-order valence-electron chi connectivity index (χ3n) is 4.35. The average molecular weight is 228 g/mol. The molecule has 0 amide bonds. The lowest BCUT2D eigenvalue weighted by atomic mass is 9.73. The Morgan fingerprint density at radius 2 is 2.00 bits per heavy atom. The lowest BCUT2D eigenvalue weighted by Crippen LogP contribution is -2.59. The van der Waals surface area contributed by atoms with E-state index in [1.54, 1.807) is 7.11 Å². The van der Waals surface area contributed by atoms with Crippen LogP contribution in [0.4, 0.5) is 0 Å². The summed E-state index contributed by atoms with van der Waals surface area (Å²) in [5, 5.41) is 0. The fourth-order valence-electron chi connectivity index (χ4n) is 3.38. The van der Waals surface area contributed by atoms with Crippen LogP contribution >= 0.6 is 0 Å². The van der Waals surface area contributed by atoms with Gasteiger partial charge in [-0.1, -0.05) is 12.8 Å². The van der Waals surface area contributed by atoms with Crippen LogP contribution in [0.1, 0.15) is 45.4 Å². The summed E-state index contributed by atoms with van der Waals surface area (Å²) >= 11 is 0. The molecule has 2 bridgehead atoms. The highest BCUT2D eigenvalue weighted by Gasteiger charge is 2.59. The molecule has 1 aliphatic carbocycles. The van der Waals surface area contributed by atoms with Crippen molar-refractivity contribution in [2.75, 3.05) is 7.11 Å². The van der Waals surface area contributed by atoms with E-state index in [1.807, 2.05) is 6.92 Å². The minimum absolute atomic E-state index is 0.279. The summed E-state index contributed by atoms with van der Waals surface area (Å²) in [6.07, 6.45) is 6.34. The molecule has 4 nitrogen and oxygen atoms in total. The number of ether oxygens (including phenoxy) is 2. The number of rotatable bonds is 1.